The van der Waals surface area contributed by atoms with Crippen LogP contribution in [0.2, 0.25) is 0 Å². The number of nitrogens with zero attached hydrogens (tertiary/aromatic N) is 3. The molecule has 5 nitrogen and oxygen atoms in total. The molecule has 5 rings (SSSR count). The van der Waals surface area contributed by atoms with E-state index in [1.807, 2.05) is 13.8 Å². The SMILES string of the molecule is CC.CCc1nc2n(c1C(=O)NCc1ccc(N3CC4CC(F)CC4C3)cc1)CCCC2. The average Bonchev–Trinajstić information content (AvgIpc) is 3.49. The van der Waals surface area contributed by atoms with Crippen LogP contribution in [0.25, 0.3) is 0 Å². The van der Waals surface area contributed by atoms with Crippen LogP contribution in [0.3, 0.4) is 0 Å². The molecule has 1 amide bonds. The van der Waals surface area contributed by atoms with Crippen LogP contribution in [-0.2, 0) is 25.9 Å². The molecule has 1 aromatic carbocycles. The number of fused-ring (bicyclic) bond motifs is 2. The van der Waals surface area contributed by atoms with Crippen molar-refractivity contribution in [3.8, 4) is 0 Å². The molecule has 3 aliphatic rings. The number of alkyl halides is 1. The number of nitrogens with one attached hydrogen (secondary N) is 1. The Morgan fingerprint density at radius 2 is 1.81 bits per heavy atom. The van der Waals surface area contributed by atoms with Gasteiger partial charge in [-0.15, -0.1) is 0 Å². The standard InChI is InChI=1S/C24H31FN4O.C2H6/c1-2-21-23(29-10-4-3-5-22(29)27-21)24(30)26-13-16-6-8-20(9-7-16)28-14-17-11-19(25)12-18(17)15-28;1-2/h6-9,17-19H,2-5,10-15H2,1H3,(H,26,30);1-2H3. The molecule has 2 aromatic rings. The summed E-state index contributed by atoms with van der Waals surface area (Å²) in [7, 11) is 0. The average molecular weight is 441 g/mol. The van der Waals surface area contributed by atoms with Crippen LogP contribution >= 0.6 is 0 Å². The molecule has 0 radical (unpaired) electrons. The summed E-state index contributed by atoms with van der Waals surface area (Å²) in [5, 5.41) is 3.10. The Kier molecular flexibility index (Phi) is 7.17. The molecular weight excluding hydrogens is 403 g/mol. The van der Waals surface area contributed by atoms with Gasteiger partial charge in [0.1, 0.15) is 17.7 Å². The minimum absolute atomic E-state index is 0.0234. The lowest BCUT2D eigenvalue weighted by Crippen LogP contribution is -2.28. The summed E-state index contributed by atoms with van der Waals surface area (Å²) in [6.07, 6.45) is 4.86. The molecule has 6 heteroatoms. The lowest BCUT2D eigenvalue weighted by molar-refractivity contribution is 0.0939. The molecule has 0 spiro atoms. The second kappa shape index (κ2) is 10.1. The highest BCUT2D eigenvalue weighted by Gasteiger charge is 2.41. The Morgan fingerprint density at radius 3 is 2.47 bits per heavy atom. The molecular formula is C26H37FN4O. The zero-order valence-electron chi connectivity index (χ0n) is 19.7. The van der Waals surface area contributed by atoms with Crippen molar-refractivity contribution < 1.29 is 9.18 Å². The first kappa shape index (κ1) is 22.8. The van der Waals surface area contributed by atoms with E-state index in [2.05, 4.69) is 46.0 Å². The van der Waals surface area contributed by atoms with Crippen LogP contribution < -0.4 is 10.2 Å². The maximum Gasteiger partial charge on any atom is 0.270 e. The zero-order valence-corrected chi connectivity index (χ0v) is 19.7. The summed E-state index contributed by atoms with van der Waals surface area (Å²) < 4.78 is 15.7. The van der Waals surface area contributed by atoms with Crippen LogP contribution in [0, 0.1) is 11.8 Å². The normalized spacial score (nSPS) is 23.9. The fourth-order valence-corrected chi connectivity index (χ4v) is 5.57. The number of aromatic nitrogens is 2. The van der Waals surface area contributed by atoms with E-state index in [1.54, 1.807) is 0 Å². The van der Waals surface area contributed by atoms with E-state index in [0.717, 1.165) is 80.9 Å². The van der Waals surface area contributed by atoms with Crippen LogP contribution in [-0.4, -0.2) is 34.7 Å². The van der Waals surface area contributed by atoms with Crippen molar-refractivity contribution in [3.05, 3.63) is 47.0 Å². The number of rotatable bonds is 5. The van der Waals surface area contributed by atoms with Gasteiger partial charge in [0.25, 0.3) is 5.91 Å². The number of carbonyl (C=O) groups excluding carboxylic acids is 1. The van der Waals surface area contributed by atoms with Crippen molar-refractivity contribution >= 4 is 11.6 Å². The summed E-state index contributed by atoms with van der Waals surface area (Å²) in [6, 6.07) is 8.45. The molecule has 2 atom stereocenters. The van der Waals surface area contributed by atoms with E-state index in [1.165, 1.54) is 5.69 Å². The van der Waals surface area contributed by atoms with E-state index in [4.69, 9.17) is 4.98 Å². The summed E-state index contributed by atoms with van der Waals surface area (Å²) in [5.41, 5.74) is 3.95. The highest BCUT2D eigenvalue weighted by atomic mass is 19.1. The second-order valence-electron chi connectivity index (χ2n) is 9.13. The summed E-state index contributed by atoms with van der Waals surface area (Å²) in [4.78, 5) is 20.0. The minimum atomic E-state index is -0.595. The third kappa shape index (κ3) is 4.55. The predicted molar refractivity (Wildman–Crippen MR) is 127 cm³/mol. The molecule has 2 aliphatic heterocycles. The van der Waals surface area contributed by atoms with Gasteiger partial charge in [0.15, 0.2) is 0 Å². The van der Waals surface area contributed by atoms with E-state index in [-0.39, 0.29) is 5.91 Å². The van der Waals surface area contributed by atoms with Crippen LogP contribution in [0.15, 0.2) is 24.3 Å². The lowest BCUT2D eigenvalue weighted by atomic mass is 10.0. The first-order valence-electron chi connectivity index (χ1n) is 12.5. The maximum absolute atomic E-state index is 13.6. The van der Waals surface area contributed by atoms with Gasteiger partial charge >= 0.3 is 0 Å². The van der Waals surface area contributed by atoms with Crippen molar-refractivity contribution in [2.75, 3.05) is 18.0 Å². The van der Waals surface area contributed by atoms with Crippen molar-refractivity contribution in [1.29, 1.82) is 0 Å². The van der Waals surface area contributed by atoms with Crippen molar-refractivity contribution in [2.24, 2.45) is 11.8 Å². The van der Waals surface area contributed by atoms with Crippen molar-refractivity contribution in [3.63, 3.8) is 0 Å². The monoisotopic (exact) mass is 440 g/mol. The molecule has 1 saturated heterocycles. The Hall–Kier alpha value is -2.37. The topological polar surface area (TPSA) is 50.2 Å². The molecule has 1 N–H and O–H groups in total. The third-order valence-corrected chi connectivity index (χ3v) is 7.15. The molecule has 32 heavy (non-hydrogen) atoms. The quantitative estimate of drug-likeness (QED) is 0.718. The Morgan fingerprint density at radius 1 is 1.12 bits per heavy atom. The molecule has 174 valence electrons. The summed E-state index contributed by atoms with van der Waals surface area (Å²) >= 11 is 0. The number of hydrogen-bond acceptors (Lipinski definition) is 3. The van der Waals surface area contributed by atoms with Gasteiger partial charge in [0.05, 0.1) is 5.69 Å². The molecule has 1 aromatic heterocycles. The molecule has 2 fully saturated rings. The van der Waals surface area contributed by atoms with E-state index >= 15 is 0 Å². The van der Waals surface area contributed by atoms with E-state index < -0.39 is 6.17 Å². The van der Waals surface area contributed by atoms with Gasteiger partial charge in [0, 0.05) is 38.3 Å². The van der Waals surface area contributed by atoms with Crippen molar-refractivity contribution in [2.45, 2.75) is 78.6 Å². The maximum atomic E-state index is 13.6. The van der Waals surface area contributed by atoms with E-state index in [0.29, 0.717) is 18.4 Å². The number of aryl methyl sites for hydroxylation is 2. The smallest absolute Gasteiger partial charge is 0.270 e. The van der Waals surface area contributed by atoms with Crippen LogP contribution in [0.1, 0.15) is 74.0 Å². The summed E-state index contributed by atoms with van der Waals surface area (Å²) in [6.45, 7) is 9.39. The number of halogens is 1. The van der Waals surface area contributed by atoms with Crippen LogP contribution in [0.4, 0.5) is 10.1 Å². The van der Waals surface area contributed by atoms with Gasteiger partial charge in [-0.1, -0.05) is 32.9 Å². The molecule has 2 unspecified atom stereocenters. The molecule has 1 saturated carbocycles. The molecule has 1 aliphatic carbocycles. The highest BCUT2D eigenvalue weighted by Crippen LogP contribution is 2.41. The van der Waals surface area contributed by atoms with Crippen molar-refractivity contribution in [1.82, 2.24) is 14.9 Å². The fourth-order valence-electron chi connectivity index (χ4n) is 5.57. The Balaban J connectivity index is 0.00000119. The predicted octanol–water partition coefficient (Wildman–Crippen LogP) is 4.92. The van der Waals surface area contributed by atoms with Gasteiger partial charge in [0.2, 0.25) is 0 Å². The highest BCUT2D eigenvalue weighted by molar-refractivity contribution is 5.94. The second-order valence-corrected chi connectivity index (χ2v) is 9.13. The number of hydrogen-bond donors (Lipinski definition) is 1. The fraction of sp³-hybridized carbons (Fsp3) is 0.615. The Labute approximate surface area is 191 Å². The number of benzene rings is 1. The van der Waals surface area contributed by atoms with Gasteiger partial charge in [-0.05, 0) is 61.6 Å². The van der Waals surface area contributed by atoms with Crippen LogP contribution in [0.5, 0.6) is 0 Å². The zero-order chi connectivity index (χ0) is 22.7. The summed E-state index contributed by atoms with van der Waals surface area (Å²) in [5.74, 6) is 2.05. The number of amides is 1. The first-order valence-corrected chi connectivity index (χ1v) is 12.5. The van der Waals surface area contributed by atoms with Gasteiger partial charge in [-0.2, -0.15) is 0 Å². The largest absolute Gasteiger partial charge is 0.371 e. The third-order valence-electron chi connectivity index (χ3n) is 7.15. The van der Waals surface area contributed by atoms with E-state index in [9.17, 15) is 9.18 Å². The van der Waals surface area contributed by atoms with Gasteiger partial charge in [-0.3, -0.25) is 4.79 Å². The lowest BCUT2D eigenvalue weighted by Gasteiger charge is -2.20. The number of carbonyl (C=O) groups is 1. The molecule has 0 bridgehead atoms. The van der Waals surface area contributed by atoms with Gasteiger partial charge < -0.3 is 14.8 Å². The van der Waals surface area contributed by atoms with Gasteiger partial charge in [-0.25, -0.2) is 9.37 Å². The number of imidazole rings is 1. The number of anilines is 1. The minimum Gasteiger partial charge on any atom is -0.371 e. The molecule has 3 heterocycles. The first-order chi connectivity index (χ1) is 15.6. The Bertz CT molecular complexity index is 909.